The molecule has 3 N–H and O–H groups in total. The lowest BCUT2D eigenvalue weighted by Crippen LogP contribution is -2.02. The van der Waals surface area contributed by atoms with E-state index in [4.69, 9.17) is 15.3 Å². The third kappa shape index (κ3) is 4.49. The highest BCUT2D eigenvalue weighted by atomic mass is 16.4. The molecule has 8 heteroatoms. The zero-order valence-electron chi connectivity index (χ0n) is 17.2. The van der Waals surface area contributed by atoms with E-state index >= 15 is 0 Å². The van der Waals surface area contributed by atoms with Crippen molar-refractivity contribution in [2.24, 2.45) is 0 Å². The number of aromatic carboxylic acids is 2. The fraction of sp³-hybridized carbons (Fsp3) is 0.0833. The number of hydrogen-bond acceptors (Lipinski definition) is 5. The van der Waals surface area contributed by atoms with Gasteiger partial charge in [0.15, 0.2) is 0 Å². The number of aromatic nitrogens is 3. The molecule has 4 aromatic rings. The average Bonchev–Trinajstić information content (AvgIpc) is 3.22. The predicted octanol–water partition coefficient (Wildman–Crippen LogP) is 4.25. The first-order chi connectivity index (χ1) is 15.4. The highest BCUT2D eigenvalue weighted by molar-refractivity contribution is 5.88. The van der Waals surface area contributed by atoms with Crippen molar-refractivity contribution in [2.75, 3.05) is 5.32 Å². The first-order valence-electron chi connectivity index (χ1n) is 9.84. The van der Waals surface area contributed by atoms with Gasteiger partial charge in [0.2, 0.25) is 0 Å². The molecular formula is C24H20N4O4. The minimum atomic E-state index is -0.994. The van der Waals surface area contributed by atoms with E-state index < -0.39 is 11.9 Å². The summed E-state index contributed by atoms with van der Waals surface area (Å²) in [5, 5.41) is 26.3. The zero-order valence-corrected chi connectivity index (χ0v) is 17.2. The Morgan fingerprint density at radius 3 is 2.12 bits per heavy atom. The molecule has 0 saturated heterocycles. The van der Waals surface area contributed by atoms with Gasteiger partial charge in [-0.1, -0.05) is 18.2 Å². The van der Waals surface area contributed by atoms with Crippen LogP contribution in [0.1, 0.15) is 32.0 Å². The number of pyridine rings is 1. The van der Waals surface area contributed by atoms with Gasteiger partial charge in [0.1, 0.15) is 5.82 Å². The van der Waals surface area contributed by atoms with Gasteiger partial charge in [0.25, 0.3) is 0 Å². The van der Waals surface area contributed by atoms with Gasteiger partial charge in [0, 0.05) is 29.6 Å². The van der Waals surface area contributed by atoms with Gasteiger partial charge in [-0.25, -0.2) is 19.3 Å². The minimum Gasteiger partial charge on any atom is -0.478 e. The lowest BCUT2D eigenvalue weighted by atomic mass is 10.1. The third-order valence-electron chi connectivity index (χ3n) is 4.92. The molecule has 0 amide bonds. The molecule has 2 aromatic heterocycles. The maximum absolute atomic E-state index is 11.2. The molecule has 0 atom stereocenters. The molecule has 32 heavy (non-hydrogen) atoms. The van der Waals surface area contributed by atoms with Crippen LogP contribution in [0.2, 0.25) is 0 Å². The lowest BCUT2D eigenvalue weighted by molar-refractivity contribution is 0.0686. The van der Waals surface area contributed by atoms with E-state index in [2.05, 4.69) is 10.3 Å². The molecule has 8 nitrogen and oxygen atoms in total. The van der Waals surface area contributed by atoms with Gasteiger partial charge >= 0.3 is 11.9 Å². The molecule has 0 radical (unpaired) electrons. The number of hydrogen-bond donors (Lipinski definition) is 3. The van der Waals surface area contributed by atoms with Gasteiger partial charge in [-0.15, -0.1) is 0 Å². The number of nitrogens with zero attached hydrogens (tertiary/aromatic N) is 3. The summed E-state index contributed by atoms with van der Waals surface area (Å²) in [4.78, 5) is 26.8. The Kier molecular flexibility index (Phi) is 5.67. The maximum Gasteiger partial charge on any atom is 0.335 e. The van der Waals surface area contributed by atoms with Crippen molar-refractivity contribution in [1.29, 1.82) is 0 Å². The van der Waals surface area contributed by atoms with Crippen LogP contribution in [0.3, 0.4) is 0 Å². The van der Waals surface area contributed by atoms with E-state index in [-0.39, 0.29) is 11.1 Å². The van der Waals surface area contributed by atoms with Crippen molar-refractivity contribution in [3.63, 3.8) is 0 Å². The Morgan fingerprint density at radius 1 is 0.906 bits per heavy atom. The monoisotopic (exact) mass is 428 g/mol. The number of nitrogens with one attached hydrogen (secondary N) is 1. The van der Waals surface area contributed by atoms with Gasteiger partial charge in [-0.3, -0.25) is 0 Å². The van der Waals surface area contributed by atoms with Crippen LogP contribution in [0.15, 0.2) is 72.9 Å². The van der Waals surface area contributed by atoms with Crippen molar-refractivity contribution < 1.29 is 19.8 Å². The van der Waals surface area contributed by atoms with E-state index in [0.29, 0.717) is 17.9 Å². The third-order valence-corrected chi connectivity index (χ3v) is 4.92. The quantitative estimate of drug-likeness (QED) is 0.403. The topological polar surface area (TPSA) is 117 Å². The second kappa shape index (κ2) is 8.73. The largest absolute Gasteiger partial charge is 0.478 e. The summed E-state index contributed by atoms with van der Waals surface area (Å²) in [6, 6.07) is 18.7. The Balaban J connectivity index is 1.70. The molecule has 0 fully saturated rings. The van der Waals surface area contributed by atoms with Crippen molar-refractivity contribution in [3.05, 3.63) is 95.3 Å². The highest BCUT2D eigenvalue weighted by Gasteiger charge is 2.14. The Morgan fingerprint density at radius 2 is 1.53 bits per heavy atom. The summed E-state index contributed by atoms with van der Waals surface area (Å²) in [6.07, 6.45) is 1.86. The Hall–Kier alpha value is -4.46. The maximum atomic E-state index is 11.2. The number of aryl methyl sites for hydroxylation is 1. The van der Waals surface area contributed by atoms with Crippen molar-refractivity contribution >= 4 is 17.8 Å². The first-order valence-corrected chi connectivity index (χ1v) is 9.84. The van der Waals surface area contributed by atoms with E-state index in [0.717, 1.165) is 22.6 Å². The normalized spacial score (nSPS) is 10.7. The van der Waals surface area contributed by atoms with Crippen molar-refractivity contribution in [3.8, 4) is 16.9 Å². The van der Waals surface area contributed by atoms with Crippen molar-refractivity contribution in [1.82, 2.24) is 14.8 Å². The van der Waals surface area contributed by atoms with Gasteiger partial charge < -0.3 is 15.5 Å². The fourth-order valence-electron chi connectivity index (χ4n) is 3.27. The summed E-state index contributed by atoms with van der Waals surface area (Å²) in [7, 11) is 0. The molecule has 160 valence electrons. The van der Waals surface area contributed by atoms with Crippen LogP contribution < -0.4 is 5.32 Å². The second-order valence-corrected chi connectivity index (χ2v) is 7.20. The van der Waals surface area contributed by atoms with Crippen LogP contribution in [-0.4, -0.2) is 36.9 Å². The predicted molar refractivity (Wildman–Crippen MR) is 119 cm³/mol. The molecule has 2 aromatic carbocycles. The number of carboxylic acid groups (broad SMARTS) is 2. The number of rotatable bonds is 7. The summed E-state index contributed by atoms with van der Waals surface area (Å²) in [5.74, 6) is -1.25. The summed E-state index contributed by atoms with van der Waals surface area (Å²) >= 11 is 0. The van der Waals surface area contributed by atoms with Crippen molar-refractivity contribution in [2.45, 2.75) is 13.5 Å². The number of anilines is 1. The average molecular weight is 428 g/mol. The molecular weight excluding hydrogens is 408 g/mol. The SMILES string of the molecule is Cc1cccc(NCc2cn(-c3ccc(C(=O)O)cc3)nc2-c2ccc(C(=O)O)cc2)n1. The molecule has 0 aliphatic heterocycles. The van der Waals surface area contributed by atoms with Crippen LogP contribution in [0, 0.1) is 6.92 Å². The molecule has 2 heterocycles. The molecule has 0 unspecified atom stereocenters. The van der Waals surface area contributed by atoms with Crippen LogP contribution in [0.5, 0.6) is 0 Å². The molecule has 0 spiro atoms. The van der Waals surface area contributed by atoms with Crippen LogP contribution in [0.25, 0.3) is 16.9 Å². The van der Waals surface area contributed by atoms with E-state index in [1.807, 2.05) is 31.3 Å². The fourth-order valence-corrected chi connectivity index (χ4v) is 3.27. The highest BCUT2D eigenvalue weighted by Crippen LogP contribution is 2.25. The first kappa shape index (κ1) is 20.8. The number of carboxylic acids is 2. The van der Waals surface area contributed by atoms with Gasteiger partial charge in [0.05, 0.1) is 22.5 Å². The molecule has 4 rings (SSSR count). The smallest absolute Gasteiger partial charge is 0.335 e. The summed E-state index contributed by atoms with van der Waals surface area (Å²) in [5.41, 5.74) is 4.32. The second-order valence-electron chi connectivity index (χ2n) is 7.20. The number of benzene rings is 2. The van der Waals surface area contributed by atoms with Gasteiger partial charge in [-0.2, -0.15) is 5.10 Å². The lowest BCUT2D eigenvalue weighted by Gasteiger charge is -2.07. The molecule has 0 bridgehead atoms. The van der Waals surface area contributed by atoms with E-state index in [9.17, 15) is 9.59 Å². The van der Waals surface area contributed by atoms with Gasteiger partial charge in [-0.05, 0) is 55.5 Å². The molecule has 0 saturated carbocycles. The summed E-state index contributed by atoms with van der Waals surface area (Å²) < 4.78 is 1.67. The zero-order chi connectivity index (χ0) is 22.7. The van der Waals surface area contributed by atoms with Crippen LogP contribution >= 0.6 is 0 Å². The minimum absolute atomic E-state index is 0.192. The summed E-state index contributed by atoms with van der Waals surface area (Å²) in [6.45, 7) is 2.36. The standard InChI is InChI=1S/C24H20N4O4/c1-15-3-2-4-21(26-15)25-13-19-14-28(20-11-9-18(10-12-20)24(31)32)27-22(19)16-5-7-17(8-6-16)23(29)30/h2-12,14H,13H2,1H3,(H,25,26)(H,29,30)(H,31,32). The van der Waals surface area contributed by atoms with E-state index in [1.54, 1.807) is 28.9 Å². The number of carbonyl (C=O) groups is 2. The Labute approximate surface area is 183 Å². The van der Waals surface area contributed by atoms with Crippen LogP contribution in [-0.2, 0) is 6.54 Å². The molecule has 0 aliphatic rings. The van der Waals surface area contributed by atoms with Crippen LogP contribution in [0.4, 0.5) is 5.82 Å². The molecule has 0 aliphatic carbocycles. The Bertz CT molecular complexity index is 1280. The van der Waals surface area contributed by atoms with E-state index in [1.165, 1.54) is 24.3 Å².